The molecule has 0 atom stereocenters. The van der Waals surface area contributed by atoms with Gasteiger partial charge in [0, 0.05) is 43.3 Å². The number of non-ortho nitro benzene ring substituents is 1. The van der Waals surface area contributed by atoms with Gasteiger partial charge in [0.2, 0.25) is 15.8 Å². The van der Waals surface area contributed by atoms with Crippen molar-refractivity contribution in [2.45, 2.75) is 24.8 Å². The highest BCUT2D eigenvalue weighted by Crippen LogP contribution is 2.57. The number of benzene rings is 2. The number of nitrogens with zero attached hydrogens (tertiary/aromatic N) is 5. The van der Waals surface area contributed by atoms with E-state index in [0.717, 1.165) is 4.68 Å². The molecule has 0 bridgehead atoms. The summed E-state index contributed by atoms with van der Waals surface area (Å²) in [7, 11) is -3.85. The molecule has 0 N–H and O–H groups in total. The highest BCUT2D eigenvalue weighted by atomic mass is 35.5. The van der Waals surface area contributed by atoms with E-state index in [1.807, 2.05) is 0 Å². The largest absolute Gasteiger partial charge is 0.485 e. The summed E-state index contributed by atoms with van der Waals surface area (Å²) in [6, 6.07) is 11.6. The molecule has 1 aliphatic heterocycles. The average molecular weight is 628 g/mol. The summed E-state index contributed by atoms with van der Waals surface area (Å²) in [5.41, 5.74) is -2.34. The molecule has 16 heteroatoms. The topological polar surface area (TPSA) is 128 Å². The molecule has 2 aromatic carbocycles. The van der Waals surface area contributed by atoms with Crippen LogP contribution in [-0.2, 0) is 15.8 Å². The molecule has 5 rings (SSSR count). The number of halogens is 4. The minimum absolute atomic E-state index is 0.000562. The normalized spacial score (nSPS) is 17.2. The Morgan fingerprint density at radius 1 is 1.07 bits per heavy atom. The van der Waals surface area contributed by atoms with Crippen LogP contribution in [0.15, 0.2) is 59.5 Å². The monoisotopic (exact) mass is 627 g/mol. The molecule has 11 nitrogen and oxygen atoms in total. The van der Waals surface area contributed by atoms with Crippen molar-refractivity contribution < 1.29 is 31.2 Å². The lowest BCUT2D eigenvalue weighted by Gasteiger charge is -2.36. The number of hydrogen-bond acceptors (Lipinski definition) is 8. The van der Waals surface area contributed by atoms with Crippen molar-refractivity contribution >= 4 is 33.0 Å². The van der Waals surface area contributed by atoms with Gasteiger partial charge in [-0.3, -0.25) is 14.9 Å². The lowest BCUT2D eigenvalue weighted by atomic mass is 10.1. The molecule has 0 unspecified atom stereocenters. The smallest absolute Gasteiger partial charge is 0.397 e. The van der Waals surface area contributed by atoms with Gasteiger partial charge in [-0.15, -0.1) is 0 Å². The van der Waals surface area contributed by atoms with Gasteiger partial charge in [0.15, 0.2) is 0 Å². The average Bonchev–Trinajstić information content (AvgIpc) is 3.74. The molecular weight excluding hydrogens is 603 g/mol. The SMILES string of the molecule is O=c1c(OCC2(C(F)(F)F)CC2)c(N2CCN(S(=O)(=O)Cc3cccc([N+](=O)[O-])c3)CC2)cnn1-c1cccc(Cl)c1. The molecule has 2 aliphatic rings. The van der Waals surface area contributed by atoms with Gasteiger partial charge in [0.05, 0.1) is 22.6 Å². The Morgan fingerprint density at radius 3 is 2.38 bits per heavy atom. The third-order valence-corrected chi connectivity index (χ3v) is 9.44. The van der Waals surface area contributed by atoms with Crippen molar-refractivity contribution in [3.8, 4) is 11.4 Å². The van der Waals surface area contributed by atoms with E-state index in [-0.39, 0.29) is 67.4 Å². The van der Waals surface area contributed by atoms with E-state index in [4.69, 9.17) is 16.3 Å². The molecule has 1 aromatic heterocycles. The number of rotatable bonds is 9. The van der Waals surface area contributed by atoms with Crippen LogP contribution in [0.4, 0.5) is 24.5 Å². The van der Waals surface area contributed by atoms with Gasteiger partial charge < -0.3 is 9.64 Å². The van der Waals surface area contributed by atoms with Crippen molar-refractivity contribution in [1.29, 1.82) is 0 Å². The van der Waals surface area contributed by atoms with E-state index in [9.17, 15) is 36.5 Å². The Hall–Kier alpha value is -3.69. The molecule has 3 aromatic rings. The van der Waals surface area contributed by atoms with E-state index in [2.05, 4.69) is 5.10 Å². The fourth-order valence-corrected chi connectivity index (χ4v) is 6.41. The zero-order chi connectivity index (χ0) is 30.3. The molecule has 0 amide bonds. The summed E-state index contributed by atoms with van der Waals surface area (Å²) >= 11 is 6.05. The van der Waals surface area contributed by atoms with Crippen molar-refractivity contribution in [2.24, 2.45) is 5.41 Å². The third-order valence-electron chi connectivity index (χ3n) is 7.36. The number of nitro benzene ring substituents is 1. The quantitative estimate of drug-likeness (QED) is 0.256. The third kappa shape index (κ3) is 6.08. The van der Waals surface area contributed by atoms with Crippen LogP contribution in [0.1, 0.15) is 18.4 Å². The fraction of sp³-hybridized carbons (Fsp3) is 0.385. The second kappa shape index (κ2) is 11.2. The first-order chi connectivity index (χ1) is 19.8. The fourth-order valence-electron chi connectivity index (χ4n) is 4.72. The Bertz CT molecular complexity index is 1670. The summed E-state index contributed by atoms with van der Waals surface area (Å²) in [5.74, 6) is -0.770. The van der Waals surface area contributed by atoms with E-state index in [1.54, 1.807) is 23.1 Å². The van der Waals surface area contributed by atoms with Gasteiger partial charge in [-0.05, 0) is 36.6 Å². The zero-order valence-corrected chi connectivity index (χ0v) is 23.5. The van der Waals surface area contributed by atoms with Crippen molar-refractivity contribution in [1.82, 2.24) is 14.1 Å². The first-order valence-electron chi connectivity index (χ1n) is 12.8. The molecule has 42 heavy (non-hydrogen) atoms. The van der Waals surface area contributed by atoms with E-state index < -0.39 is 44.5 Å². The summed E-state index contributed by atoms with van der Waals surface area (Å²) in [6.45, 7) is -0.550. The molecule has 0 radical (unpaired) electrons. The van der Waals surface area contributed by atoms with Crippen LogP contribution in [0.5, 0.6) is 5.75 Å². The number of piperazine rings is 1. The Balaban J connectivity index is 1.38. The molecule has 1 saturated carbocycles. The van der Waals surface area contributed by atoms with Crippen molar-refractivity contribution in [3.05, 3.63) is 85.8 Å². The maximum Gasteiger partial charge on any atom is 0.397 e. The first-order valence-corrected chi connectivity index (χ1v) is 14.8. The first kappa shape index (κ1) is 29.8. The van der Waals surface area contributed by atoms with Gasteiger partial charge >= 0.3 is 11.7 Å². The van der Waals surface area contributed by atoms with Crippen LogP contribution in [-0.4, -0.2) is 66.4 Å². The number of alkyl halides is 3. The van der Waals surface area contributed by atoms with Gasteiger partial charge in [-0.2, -0.15) is 27.3 Å². The maximum atomic E-state index is 13.6. The lowest BCUT2D eigenvalue weighted by Crippen LogP contribution is -2.49. The standard InChI is InChI=1S/C26H25ClF3N5O6S/c27-19-4-2-5-20(14-19)34-24(36)23(41-17-25(7-8-25)26(28,29)30)22(15-31-34)32-9-11-33(12-10-32)42(39,40)16-18-3-1-6-21(13-18)35(37)38/h1-6,13-15H,7-12,16-17H2. The summed E-state index contributed by atoms with van der Waals surface area (Å²) in [4.78, 5) is 25.6. The molecule has 224 valence electrons. The number of aromatic nitrogens is 2. The predicted octanol–water partition coefficient (Wildman–Crippen LogP) is 4.17. The van der Waals surface area contributed by atoms with Crippen molar-refractivity contribution in [3.63, 3.8) is 0 Å². The molecule has 1 saturated heterocycles. The second-order valence-corrected chi connectivity index (χ2v) is 12.6. The van der Waals surface area contributed by atoms with Crippen LogP contribution < -0.4 is 15.2 Å². The zero-order valence-electron chi connectivity index (χ0n) is 22.0. The van der Waals surface area contributed by atoms with E-state index in [0.29, 0.717) is 5.02 Å². The molecule has 2 fully saturated rings. The Labute approximate surface area is 243 Å². The number of sulfonamides is 1. The van der Waals surface area contributed by atoms with Crippen LogP contribution in [0.25, 0.3) is 5.69 Å². The number of anilines is 1. The van der Waals surface area contributed by atoms with E-state index >= 15 is 0 Å². The van der Waals surface area contributed by atoms with Crippen LogP contribution in [0.2, 0.25) is 5.02 Å². The number of nitro groups is 1. The summed E-state index contributed by atoms with van der Waals surface area (Å²) < 4.78 is 74.8. The highest BCUT2D eigenvalue weighted by molar-refractivity contribution is 7.88. The molecular formula is C26H25ClF3N5O6S. The van der Waals surface area contributed by atoms with Crippen LogP contribution >= 0.6 is 11.6 Å². The minimum Gasteiger partial charge on any atom is -0.485 e. The highest BCUT2D eigenvalue weighted by Gasteiger charge is 2.64. The lowest BCUT2D eigenvalue weighted by molar-refractivity contribution is -0.384. The van der Waals surface area contributed by atoms with Gasteiger partial charge in [-0.25, -0.2) is 8.42 Å². The Morgan fingerprint density at radius 2 is 1.76 bits per heavy atom. The molecule has 0 spiro atoms. The second-order valence-electron chi connectivity index (χ2n) is 10.2. The minimum atomic E-state index is -4.49. The van der Waals surface area contributed by atoms with Crippen LogP contribution in [0.3, 0.4) is 0 Å². The van der Waals surface area contributed by atoms with Crippen LogP contribution in [0, 0.1) is 15.5 Å². The molecule has 2 heterocycles. The number of hydrogen-bond donors (Lipinski definition) is 0. The summed E-state index contributed by atoms with van der Waals surface area (Å²) in [5, 5.41) is 15.6. The van der Waals surface area contributed by atoms with E-state index in [1.165, 1.54) is 40.8 Å². The maximum absolute atomic E-state index is 13.6. The Kier molecular flexibility index (Phi) is 7.94. The molecule has 1 aliphatic carbocycles. The summed E-state index contributed by atoms with van der Waals surface area (Å²) in [6.07, 6.45) is -3.41. The number of ether oxygens (including phenoxy) is 1. The van der Waals surface area contributed by atoms with Crippen molar-refractivity contribution in [2.75, 3.05) is 37.7 Å². The van der Waals surface area contributed by atoms with Gasteiger partial charge in [0.1, 0.15) is 17.7 Å². The van der Waals surface area contributed by atoms with Gasteiger partial charge in [0.25, 0.3) is 5.69 Å². The predicted molar refractivity (Wildman–Crippen MR) is 148 cm³/mol. The van der Waals surface area contributed by atoms with Gasteiger partial charge in [-0.1, -0.05) is 29.8 Å².